The molecule has 2 aromatic rings. The van der Waals surface area contributed by atoms with Crippen LogP contribution in [0.3, 0.4) is 0 Å². The summed E-state index contributed by atoms with van der Waals surface area (Å²) in [6.45, 7) is 1.86. The number of anilines is 1. The Labute approximate surface area is 154 Å². The molecule has 0 bridgehead atoms. The minimum Gasteiger partial charge on any atom is -0.484 e. The number of ether oxygens (including phenoxy) is 1. The van der Waals surface area contributed by atoms with E-state index in [1.54, 1.807) is 29.2 Å². The molecule has 1 aliphatic heterocycles. The molecule has 8 heteroatoms. The highest BCUT2D eigenvalue weighted by Gasteiger charge is 2.28. The minimum atomic E-state index is -0.447. The fraction of sp³-hybridized carbons (Fsp3) is 0.167. The van der Waals surface area contributed by atoms with Crippen molar-refractivity contribution in [1.82, 2.24) is 5.43 Å². The predicted molar refractivity (Wildman–Crippen MR) is 98.6 cm³/mol. The standard InChI is InChI=1S/C18H16FN3O3S/c1-12-2-8-15(9-3-12)25-11-16(23)20-21-18-22(10-17(24)26-18)14-6-4-13(19)5-7-14/h2-9H,10-11H2,1H3,(H,20,23). The number of rotatable bonds is 5. The van der Waals surface area contributed by atoms with Crippen LogP contribution >= 0.6 is 11.8 Å². The van der Waals surface area contributed by atoms with Crippen LogP contribution in [0.1, 0.15) is 5.56 Å². The molecule has 1 amide bonds. The molecule has 1 fully saturated rings. The average Bonchev–Trinajstić information content (AvgIpc) is 3.01. The first kappa shape index (κ1) is 17.9. The van der Waals surface area contributed by atoms with Crippen molar-refractivity contribution in [3.05, 3.63) is 59.9 Å². The average molecular weight is 373 g/mol. The highest BCUT2D eigenvalue weighted by atomic mass is 32.2. The fourth-order valence-corrected chi connectivity index (χ4v) is 2.99. The van der Waals surface area contributed by atoms with E-state index < -0.39 is 5.91 Å². The number of nitrogens with zero attached hydrogens (tertiary/aromatic N) is 2. The zero-order chi connectivity index (χ0) is 18.5. The van der Waals surface area contributed by atoms with Gasteiger partial charge in [0.15, 0.2) is 11.8 Å². The summed E-state index contributed by atoms with van der Waals surface area (Å²) in [5, 5.41) is 4.20. The normalized spacial score (nSPS) is 15.4. The van der Waals surface area contributed by atoms with Gasteiger partial charge in [-0.25, -0.2) is 9.82 Å². The van der Waals surface area contributed by atoms with Gasteiger partial charge in [0.2, 0.25) is 5.12 Å². The van der Waals surface area contributed by atoms with Crippen LogP contribution in [0.15, 0.2) is 53.6 Å². The molecular formula is C18H16FN3O3S. The van der Waals surface area contributed by atoms with Crippen LogP contribution in [-0.2, 0) is 9.59 Å². The van der Waals surface area contributed by atoms with Gasteiger partial charge in [-0.05, 0) is 55.1 Å². The van der Waals surface area contributed by atoms with E-state index in [9.17, 15) is 14.0 Å². The minimum absolute atomic E-state index is 0.102. The topological polar surface area (TPSA) is 71.0 Å². The van der Waals surface area contributed by atoms with Crippen molar-refractivity contribution in [3.63, 3.8) is 0 Å². The highest BCUT2D eigenvalue weighted by molar-refractivity contribution is 8.27. The van der Waals surface area contributed by atoms with Gasteiger partial charge in [0.25, 0.3) is 5.91 Å². The molecule has 0 saturated carbocycles. The molecule has 0 aliphatic carbocycles. The molecule has 1 heterocycles. The van der Waals surface area contributed by atoms with Crippen molar-refractivity contribution >= 4 is 33.6 Å². The van der Waals surface area contributed by atoms with Gasteiger partial charge < -0.3 is 9.64 Å². The van der Waals surface area contributed by atoms with E-state index in [2.05, 4.69) is 10.5 Å². The van der Waals surface area contributed by atoms with Gasteiger partial charge in [-0.15, -0.1) is 5.10 Å². The second kappa shape index (κ2) is 8.01. The molecule has 3 rings (SSSR count). The Balaban J connectivity index is 1.60. The van der Waals surface area contributed by atoms with Gasteiger partial charge in [0.1, 0.15) is 11.6 Å². The molecule has 0 unspecified atom stereocenters. The van der Waals surface area contributed by atoms with Crippen LogP contribution in [0.2, 0.25) is 0 Å². The maximum absolute atomic E-state index is 13.1. The van der Waals surface area contributed by atoms with Crippen LogP contribution in [0, 0.1) is 12.7 Å². The fourth-order valence-electron chi connectivity index (χ4n) is 2.22. The second-order valence-electron chi connectivity index (χ2n) is 5.57. The number of amidine groups is 1. The smallest absolute Gasteiger partial charge is 0.278 e. The summed E-state index contributed by atoms with van der Waals surface area (Å²) >= 11 is 0.918. The molecule has 26 heavy (non-hydrogen) atoms. The molecule has 6 nitrogen and oxygen atoms in total. The molecule has 2 aromatic carbocycles. The van der Waals surface area contributed by atoms with Crippen molar-refractivity contribution in [2.75, 3.05) is 18.1 Å². The Bertz CT molecular complexity index is 838. The van der Waals surface area contributed by atoms with Crippen LogP contribution in [0.5, 0.6) is 5.75 Å². The number of halogens is 1. The summed E-state index contributed by atoms with van der Waals surface area (Å²) in [6, 6.07) is 13.0. The van der Waals surface area contributed by atoms with Crippen LogP contribution in [-0.4, -0.2) is 29.3 Å². The Hall–Kier alpha value is -2.87. The van der Waals surface area contributed by atoms with E-state index in [4.69, 9.17) is 4.74 Å². The SMILES string of the molecule is Cc1ccc(OCC(=O)NN=C2SC(=O)CN2c2ccc(F)cc2)cc1. The van der Waals surface area contributed by atoms with Gasteiger partial charge in [-0.3, -0.25) is 9.59 Å². The van der Waals surface area contributed by atoms with Gasteiger partial charge in [0.05, 0.1) is 6.54 Å². The van der Waals surface area contributed by atoms with Crippen molar-refractivity contribution in [2.45, 2.75) is 6.92 Å². The first-order chi connectivity index (χ1) is 12.5. The third-order valence-corrected chi connectivity index (χ3v) is 4.38. The number of benzene rings is 2. The van der Waals surface area contributed by atoms with Gasteiger partial charge >= 0.3 is 0 Å². The second-order valence-corrected chi connectivity index (χ2v) is 6.59. The van der Waals surface area contributed by atoms with E-state index in [0.717, 1.165) is 17.3 Å². The third kappa shape index (κ3) is 4.60. The molecule has 0 spiro atoms. The number of hydrogen-bond donors (Lipinski definition) is 1. The first-order valence-corrected chi connectivity index (χ1v) is 8.63. The van der Waals surface area contributed by atoms with E-state index in [1.165, 1.54) is 12.1 Å². The number of carbonyl (C=O) groups is 2. The van der Waals surface area contributed by atoms with Crippen molar-refractivity contribution in [2.24, 2.45) is 5.10 Å². The van der Waals surface area contributed by atoms with Crippen LogP contribution in [0.4, 0.5) is 10.1 Å². The summed E-state index contributed by atoms with van der Waals surface area (Å²) in [7, 11) is 0. The zero-order valence-electron chi connectivity index (χ0n) is 13.9. The third-order valence-electron chi connectivity index (χ3n) is 3.53. The first-order valence-electron chi connectivity index (χ1n) is 7.81. The molecule has 0 atom stereocenters. The lowest BCUT2D eigenvalue weighted by Gasteiger charge is -2.16. The Kier molecular flexibility index (Phi) is 5.52. The van der Waals surface area contributed by atoms with Gasteiger partial charge in [-0.1, -0.05) is 17.7 Å². The largest absolute Gasteiger partial charge is 0.484 e. The number of aryl methyl sites for hydroxylation is 1. The molecule has 134 valence electrons. The summed E-state index contributed by atoms with van der Waals surface area (Å²) in [4.78, 5) is 25.2. The Morgan fingerprint density at radius 2 is 1.92 bits per heavy atom. The molecule has 0 radical (unpaired) electrons. The number of carbonyl (C=O) groups excluding carboxylic acids is 2. The van der Waals surface area contributed by atoms with Crippen molar-refractivity contribution < 1.29 is 18.7 Å². The number of nitrogens with one attached hydrogen (secondary N) is 1. The Morgan fingerprint density at radius 3 is 2.62 bits per heavy atom. The molecule has 1 N–H and O–H groups in total. The van der Waals surface area contributed by atoms with Gasteiger partial charge in [0, 0.05) is 5.69 Å². The van der Waals surface area contributed by atoms with Crippen LogP contribution < -0.4 is 15.1 Å². The van der Waals surface area contributed by atoms with Crippen LogP contribution in [0.25, 0.3) is 0 Å². The van der Waals surface area contributed by atoms with Crippen molar-refractivity contribution in [3.8, 4) is 5.75 Å². The summed E-state index contributed by atoms with van der Waals surface area (Å²) in [6.07, 6.45) is 0. The van der Waals surface area contributed by atoms with E-state index >= 15 is 0 Å². The molecule has 0 aromatic heterocycles. The van der Waals surface area contributed by atoms with Gasteiger partial charge in [-0.2, -0.15) is 0 Å². The lowest BCUT2D eigenvalue weighted by atomic mass is 10.2. The zero-order valence-corrected chi connectivity index (χ0v) is 14.8. The summed E-state index contributed by atoms with van der Waals surface area (Å²) in [5.74, 6) is -0.235. The van der Waals surface area contributed by atoms with E-state index in [0.29, 0.717) is 16.6 Å². The van der Waals surface area contributed by atoms with E-state index in [1.807, 2.05) is 19.1 Å². The number of thioether (sulfide) groups is 1. The number of hydrazone groups is 1. The number of hydrogen-bond acceptors (Lipinski definition) is 5. The summed E-state index contributed by atoms with van der Waals surface area (Å²) in [5.41, 5.74) is 4.09. The maximum atomic E-state index is 13.1. The summed E-state index contributed by atoms with van der Waals surface area (Å²) < 4.78 is 18.4. The maximum Gasteiger partial charge on any atom is 0.278 e. The quantitative estimate of drug-likeness (QED) is 0.816. The highest BCUT2D eigenvalue weighted by Crippen LogP contribution is 2.26. The monoisotopic (exact) mass is 373 g/mol. The van der Waals surface area contributed by atoms with E-state index in [-0.39, 0.29) is 24.1 Å². The lowest BCUT2D eigenvalue weighted by Crippen LogP contribution is -2.30. The predicted octanol–water partition coefficient (Wildman–Crippen LogP) is 2.68. The molecule has 1 saturated heterocycles. The van der Waals surface area contributed by atoms with Crippen molar-refractivity contribution in [1.29, 1.82) is 0 Å². The lowest BCUT2D eigenvalue weighted by molar-refractivity contribution is -0.123. The number of amides is 1. The molecule has 1 aliphatic rings. The Morgan fingerprint density at radius 1 is 1.23 bits per heavy atom. The molecular weight excluding hydrogens is 357 g/mol.